The van der Waals surface area contributed by atoms with E-state index in [1.807, 2.05) is 48.6 Å². The number of carbonyl (C=O) groups excluding carboxylic acids is 2. The van der Waals surface area contributed by atoms with Gasteiger partial charge in [0.2, 0.25) is 5.91 Å². The van der Waals surface area contributed by atoms with Crippen molar-refractivity contribution in [3.63, 3.8) is 0 Å². The van der Waals surface area contributed by atoms with E-state index in [-0.39, 0.29) is 17.6 Å². The molecule has 1 aliphatic rings. The number of nitrogens with one attached hydrogen (secondary N) is 1. The summed E-state index contributed by atoms with van der Waals surface area (Å²) in [7, 11) is 1.62. The van der Waals surface area contributed by atoms with Crippen molar-refractivity contribution in [3.05, 3.63) is 82.9 Å². The highest BCUT2D eigenvalue weighted by molar-refractivity contribution is 6.01. The van der Waals surface area contributed by atoms with Crippen LogP contribution in [0.25, 0.3) is 23.3 Å². The van der Waals surface area contributed by atoms with Gasteiger partial charge in [-0.25, -0.2) is 0 Å². The van der Waals surface area contributed by atoms with Gasteiger partial charge in [0.25, 0.3) is 5.91 Å². The van der Waals surface area contributed by atoms with Gasteiger partial charge in [0.15, 0.2) is 0 Å². The zero-order valence-corrected chi connectivity index (χ0v) is 16.8. The highest BCUT2D eigenvalue weighted by atomic mass is 16.3. The lowest BCUT2D eigenvalue weighted by molar-refractivity contribution is -0.116. The smallest absolute Gasteiger partial charge is 0.251 e. The van der Waals surface area contributed by atoms with Gasteiger partial charge in [-0.3, -0.25) is 9.59 Å². The van der Waals surface area contributed by atoms with Crippen LogP contribution in [0.5, 0.6) is 5.75 Å². The van der Waals surface area contributed by atoms with Crippen LogP contribution in [-0.2, 0) is 11.3 Å². The largest absolute Gasteiger partial charge is 0.508 e. The van der Waals surface area contributed by atoms with Gasteiger partial charge in [0.05, 0.1) is 12.2 Å². The van der Waals surface area contributed by atoms with E-state index < -0.39 is 0 Å². The summed E-state index contributed by atoms with van der Waals surface area (Å²) in [4.78, 5) is 26.5. The molecule has 5 nitrogen and oxygen atoms in total. The highest BCUT2D eigenvalue weighted by Crippen LogP contribution is 2.33. The maximum atomic E-state index is 12.4. The monoisotopic (exact) mass is 398 g/mol. The fourth-order valence-electron chi connectivity index (χ4n) is 3.78. The maximum Gasteiger partial charge on any atom is 0.251 e. The molecule has 30 heavy (non-hydrogen) atoms. The van der Waals surface area contributed by atoms with Crippen LogP contribution in [0.1, 0.15) is 34.0 Å². The molecule has 0 aromatic heterocycles. The molecule has 4 rings (SSSR count). The van der Waals surface area contributed by atoms with E-state index in [0.29, 0.717) is 12.1 Å². The lowest BCUT2D eigenvalue weighted by atomic mass is 9.93. The molecule has 0 atom stereocenters. The Morgan fingerprint density at radius 2 is 1.73 bits per heavy atom. The van der Waals surface area contributed by atoms with Crippen molar-refractivity contribution in [1.82, 2.24) is 5.32 Å². The van der Waals surface area contributed by atoms with Crippen LogP contribution >= 0.6 is 0 Å². The molecule has 150 valence electrons. The second-order valence-corrected chi connectivity index (χ2v) is 7.22. The van der Waals surface area contributed by atoms with Gasteiger partial charge in [-0.2, -0.15) is 0 Å². The molecule has 0 fully saturated rings. The fraction of sp³-hybridized carbons (Fsp3) is 0.120. The summed E-state index contributed by atoms with van der Waals surface area (Å²) in [6.07, 6.45) is 3.89. The highest BCUT2D eigenvalue weighted by Gasteiger charge is 2.20. The number of carbonyl (C=O) groups is 2. The molecule has 3 aromatic rings. The van der Waals surface area contributed by atoms with Crippen LogP contribution in [-0.4, -0.2) is 24.0 Å². The summed E-state index contributed by atoms with van der Waals surface area (Å²) in [5.41, 5.74) is 5.84. The average Bonchev–Trinajstić information content (AvgIpc) is 2.74. The molecule has 0 radical (unpaired) electrons. The second kappa shape index (κ2) is 7.87. The zero-order chi connectivity index (χ0) is 21.3. The summed E-state index contributed by atoms with van der Waals surface area (Å²) >= 11 is 0. The van der Waals surface area contributed by atoms with Crippen molar-refractivity contribution in [2.75, 3.05) is 11.9 Å². The first-order valence-corrected chi connectivity index (χ1v) is 9.71. The average molecular weight is 398 g/mol. The normalized spacial score (nSPS) is 12.4. The number of hydrogen-bond acceptors (Lipinski definition) is 3. The van der Waals surface area contributed by atoms with Crippen molar-refractivity contribution >= 4 is 29.7 Å². The number of amides is 2. The number of aromatic hydroxyl groups is 1. The molecule has 0 unspecified atom stereocenters. The topological polar surface area (TPSA) is 69.6 Å². The SMILES string of the molecule is CNC(=O)c1ccccc1-c1ccc2c(c1)CN(C(C)=O)c1ccc(O)cc1C=C2. The standard InChI is InChI=1S/C25H22N2O3/c1-16(28)27-15-20-13-18(22-5-3-4-6-23(22)25(30)26-2)9-7-17(20)8-10-19-14-21(29)11-12-24(19)27/h3-14,29H,15H2,1-2H3,(H,26,30). The third-order valence-electron chi connectivity index (χ3n) is 5.31. The van der Waals surface area contributed by atoms with E-state index in [0.717, 1.165) is 33.5 Å². The Kier molecular flexibility index (Phi) is 5.11. The Morgan fingerprint density at radius 1 is 0.967 bits per heavy atom. The van der Waals surface area contributed by atoms with E-state index in [4.69, 9.17) is 0 Å². The van der Waals surface area contributed by atoms with Crippen LogP contribution in [0, 0.1) is 0 Å². The zero-order valence-electron chi connectivity index (χ0n) is 16.8. The minimum Gasteiger partial charge on any atom is -0.508 e. The lowest BCUT2D eigenvalue weighted by Gasteiger charge is -2.26. The third kappa shape index (κ3) is 3.57. The molecule has 3 aromatic carbocycles. The number of anilines is 1. The van der Waals surface area contributed by atoms with E-state index in [9.17, 15) is 14.7 Å². The number of benzene rings is 3. The quantitative estimate of drug-likeness (QED) is 0.670. The summed E-state index contributed by atoms with van der Waals surface area (Å²) in [5, 5.41) is 12.5. The molecule has 0 bridgehead atoms. The first-order valence-electron chi connectivity index (χ1n) is 9.71. The van der Waals surface area contributed by atoms with Crippen LogP contribution in [0.4, 0.5) is 5.69 Å². The summed E-state index contributed by atoms with van der Waals surface area (Å²) < 4.78 is 0. The van der Waals surface area contributed by atoms with Crippen LogP contribution < -0.4 is 10.2 Å². The molecule has 2 N–H and O–H groups in total. The van der Waals surface area contributed by atoms with Crippen molar-refractivity contribution in [3.8, 4) is 16.9 Å². The van der Waals surface area contributed by atoms with Gasteiger partial charge >= 0.3 is 0 Å². The van der Waals surface area contributed by atoms with E-state index in [1.54, 1.807) is 36.2 Å². The number of phenols is 1. The molecular weight excluding hydrogens is 376 g/mol. The van der Waals surface area contributed by atoms with Gasteiger partial charge in [0.1, 0.15) is 5.75 Å². The van der Waals surface area contributed by atoms with E-state index in [2.05, 4.69) is 5.32 Å². The minimum absolute atomic E-state index is 0.0839. The molecule has 0 spiro atoms. The number of phenolic OH excluding ortho intramolecular Hbond substituents is 1. The molecular formula is C25H22N2O3. The molecule has 0 aliphatic carbocycles. The number of hydrogen-bond donors (Lipinski definition) is 2. The van der Waals surface area contributed by atoms with Crippen molar-refractivity contribution < 1.29 is 14.7 Å². The molecule has 0 saturated heterocycles. The Labute approximate surface area is 175 Å². The Hall–Kier alpha value is -3.86. The van der Waals surface area contributed by atoms with E-state index >= 15 is 0 Å². The van der Waals surface area contributed by atoms with Crippen LogP contribution in [0.2, 0.25) is 0 Å². The Morgan fingerprint density at radius 3 is 2.50 bits per heavy atom. The van der Waals surface area contributed by atoms with Gasteiger partial charge in [-0.15, -0.1) is 0 Å². The van der Waals surface area contributed by atoms with Crippen LogP contribution in [0.15, 0.2) is 60.7 Å². The Balaban J connectivity index is 1.84. The predicted octanol–water partition coefficient (Wildman–Crippen LogP) is 4.46. The first-order chi connectivity index (χ1) is 14.5. The molecule has 1 heterocycles. The van der Waals surface area contributed by atoms with Crippen LogP contribution in [0.3, 0.4) is 0 Å². The predicted molar refractivity (Wildman–Crippen MR) is 119 cm³/mol. The number of fused-ring (bicyclic) bond motifs is 2. The second-order valence-electron chi connectivity index (χ2n) is 7.22. The summed E-state index contributed by atoms with van der Waals surface area (Å²) in [5.74, 6) is -0.0699. The first kappa shape index (κ1) is 19.5. The lowest BCUT2D eigenvalue weighted by Crippen LogP contribution is -2.29. The summed E-state index contributed by atoms with van der Waals surface area (Å²) in [6.45, 7) is 1.93. The number of rotatable bonds is 2. The fourth-order valence-corrected chi connectivity index (χ4v) is 3.78. The van der Waals surface area contributed by atoms with Crippen molar-refractivity contribution in [2.45, 2.75) is 13.5 Å². The molecule has 0 saturated carbocycles. The summed E-state index contributed by atoms with van der Waals surface area (Å²) in [6, 6.07) is 18.5. The minimum atomic E-state index is -0.142. The third-order valence-corrected chi connectivity index (χ3v) is 5.31. The van der Waals surface area contributed by atoms with Gasteiger partial charge in [-0.1, -0.05) is 42.5 Å². The number of nitrogens with zero attached hydrogens (tertiary/aromatic N) is 1. The van der Waals surface area contributed by atoms with Crippen molar-refractivity contribution in [1.29, 1.82) is 0 Å². The molecule has 5 heteroatoms. The molecule has 1 aliphatic heterocycles. The van der Waals surface area contributed by atoms with E-state index in [1.165, 1.54) is 6.92 Å². The maximum absolute atomic E-state index is 12.4. The van der Waals surface area contributed by atoms with Crippen molar-refractivity contribution in [2.24, 2.45) is 0 Å². The van der Waals surface area contributed by atoms with Gasteiger partial charge < -0.3 is 15.3 Å². The van der Waals surface area contributed by atoms with Gasteiger partial charge in [0, 0.05) is 25.1 Å². The molecule has 2 amide bonds. The Bertz CT molecular complexity index is 1180. The van der Waals surface area contributed by atoms with Gasteiger partial charge in [-0.05, 0) is 52.6 Å².